The summed E-state index contributed by atoms with van der Waals surface area (Å²) < 4.78 is 11.5. The highest BCUT2D eigenvalue weighted by atomic mass is 16.5. The maximum Gasteiger partial charge on any atom is 0.225 e. The Balaban J connectivity index is 1.50. The van der Waals surface area contributed by atoms with Gasteiger partial charge in [-0.1, -0.05) is 18.2 Å². The molecule has 0 radical (unpaired) electrons. The number of methoxy groups -OCH3 is 1. The number of ether oxygens (including phenoxy) is 2. The van der Waals surface area contributed by atoms with E-state index >= 15 is 0 Å². The smallest absolute Gasteiger partial charge is 0.225 e. The zero-order valence-electron chi connectivity index (χ0n) is 16.7. The van der Waals surface area contributed by atoms with Crippen LogP contribution < -0.4 is 9.64 Å². The van der Waals surface area contributed by atoms with Gasteiger partial charge in [0.1, 0.15) is 5.75 Å². The lowest BCUT2D eigenvalue weighted by Gasteiger charge is -2.26. The Hall–Kier alpha value is -2.18. The summed E-state index contributed by atoms with van der Waals surface area (Å²) >= 11 is 0. The van der Waals surface area contributed by atoms with Crippen LogP contribution in [0, 0.1) is 0 Å². The van der Waals surface area contributed by atoms with Gasteiger partial charge in [0.15, 0.2) is 0 Å². The van der Waals surface area contributed by atoms with Crippen LogP contribution in [0.2, 0.25) is 0 Å². The topological polar surface area (TPSA) is 50.7 Å². The van der Waals surface area contributed by atoms with Crippen molar-refractivity contribution in [3.05, 3.63) is 47.8 Å². The number of hydrogen-bond acceptors (Lipinski definition) is 6. The molecule has 2 fully saturated rings. The molecule has 150 valence electrons. The third-order valence-corrected chi connectivity index (χ3v) is 5.55. The van der Waals surface area contributed by atoms with E-state index in [1.54, 1.807) is 7.11 Å². The van der Waals surface area contributed by atoms with Gasteiger partial charge < -0.3 is 14.4 Å². The van der Waals surface area contributed by atoms with E-state index < -0.39 is 0 Å². The van der Waals surface area contributed by atoms with E-state index in [2.05, 4.69) is 26.9 Å². The molecule has 2 saturated heterocycles. The second-order valence-electron chi connectivity index (χ2n) is 7.66. The van der Waals surface area contributed by atoms with Crippen LogP contribution in [0.1, 0.15) is 36.9 Å². The van der Waals surface area contributed by atoms with Gasteiger partial charge in [-0.15, -0.1) is 0 Å². The molecule has 0 spiro atoms. The van der Waals surface area contributed by atoms with E-state index in [4.69, 9.17) is 14.5 Å². The summed E-state index contributed by atoms with van der Waals surface area (Å²) in [6.45, 7) is 5.49. The Morgan fingerprint density at radius 2 is 2.00 bits per heavy atom. The van der Waals surface area contributed by atoms with Gasteiger partial charge in [0.25, 0.3) is 0 Å². The maximum absolute atomic E-state index is 5.91. The van der Waals surface area contributed by atoms with Gasteiger partial charge in [-0.3, -0.25) is 4.90 Å². The van der Waals surface area contributed by atoms with Gasteiger partial charge >= 0.3 is 0 Å². The standard InChI is InChI=1S/C22H30N4O2/c1-27-21-9-3-2-7-18(21)15-25(17-20-8-6-14-28-20)16-19-10-11-23-22(24-19)26-12-4-5-13-26/h2-3,7,9-11,20H,4-6,8,12-17H2,1H3. The largest absolute Gasteiger partial charge is 0.496 e. The zero-order chi connectivity index (χ0) is 19.2. The summed E-state index contributed by atoms with van der Waals surface area (Å²) in [5.74, 6) is 1.80. The predicted molar refractivity (Wildman–Crippen MR) is 110 cm³/mol. The van der Waals surface area contributed by atoms with E-state index in [1.165, 1.54) is 18.4 Å². The Morgan fingerprint density at radius 1 is 1.14 bits per heavy atom. The molecule has 1 aromatic heterocycles. The van der Waals surface area contributed by atoms with Gasteiger partial charge in [0, 0.05) is 51.1 Å². The van der Waals surface area contributed by atoms with Gasteiger partial charge in [-0.05, 0) is 37.8 Å². The highest BCUT2D eigenvalue weighted by Gasteiger charge is 2.21. The third kappa shape index (κ3) is 4.80. The monoisotopic (exact) mass is 382 g/mol. The van der Waals surface area contributed by atoms with E-state index in [1.807, 2.05) is 24.4 Å². The second kappa shape index (κ2) is 9.34. The minimum absolute atomic E-state index is 0.301. The molecule has 2 aliphatic heterocycles. The minimum Gasteiger partial charge on any atom is -0.496 e. The fraction of sp³-hybridized carbons (Fsp3) is 0.545. The highest BCUT2D eigenvalue weighted by molar-refractivity contribution is 5.33. The molecular weight excluding hydrogens is 352 g/mol. The molecule has 0 aliphatic carbocycles. The molecule has 6 nitrogen and oxygen atoms in total. The SMILES string of the molecule is COc1ccccc1CN(Cc1ccnc(N2CCCC2)n1)CC1CCCO1. The molecule has 0 bridgehead atoms. The van der Waals surface area contributed by atoms with E-state index in [9.17, 15) is 0 Å². The van der Waals surface area contributed by atoms with Crippen molar-refractivity contribution >= 4 is 5.95 Å². The molecule has 2 aliphatic rings. The highest BCUT2D eigenvalue weighted by Crippen LogP contribution is 2.23. The zero-order valence-corrected chi connectivity index (χ0v) is 16.7. The van der Waals surface area contributed by atoms with Crippen LogP contribution in [0.5, 0.6) is 5.75 Å². The molecule has 1 unspecified atom stereocenters. The minimum atomic E-state index is 0.301. The van der Waals surface area contributed by atoms with Crippen molar-refractivity contribution in [2.45, 2.75) is 44.9 Å². The van der Waals surface area contributed by atoms with Crippen LogP contribution in [0.25, 0.3) is 0 Å². The number of rotatable bonds is 8. The number of nitrogens with zero attached hydrogens (tertiary/aromatic N) is 4. The number of benzene rings is 1. The fourth-order valence-corrected chi connectivity index (χ4v) is 4.11. The Labute approximate surface area is 167 Å². The molecule has 0 amide bonds. The maximum atomic E-state index is 5.91. The average molecular weight is 383 g/mol. The van der Waals surface area contributed by atoms with Gasteiger partial charge in [-0.25, -0.2) is 9.97 Å². The van der Waals surface area contributed by atoms with Crippen molar-refractivity contribution in [1.29, 1.82) is 0 Å². The quantitative estimate of drug-likeness (QED) is 0.698. The van der Waals surface area contributed by atoms with Gasteiger partial charge in [0.05, 0.1) is 18.9 Å². The first-order chi connectivity index (χ1) is 13.8. The van der Waals surface area contributed by atoms with Crippen LogP contribution in [-0.4, -0.2) is 54.3 Å². The van der Waals surface area contributed by atoms with Crippen LogP contribution in [0.3, 0.4) is 0 Å². The van der Waals surface area contributed by atoms with E-state index in [-0.39, 0.29) is 0 Å². The van der Waals surface area contributed by atoms with Crippen molar-refractivity contribution in [2.24, 2.45) is 0 Å². The Morgan fingerprint density at radius 3 is 2.79 bits per heavy atom. The summed E-state index contributed by atoms with van der Waals surface area (Å²) in [5.41, 5.74) is 2.25. The third-order valence-electron chi connectivity index (χ3n) is 5.55. The average Bonchev–Trinajstić information content (AvgIpc) is 3.43. The summed E-state index contributed by atoms with van der Waals surface area (Å²) in [4.78, 5) is 14.1. The van der Waals surface area contributed by atoms with Crippen LogP contribution in [-0.2, 0) is 17.8 Å². The van der Waals surface area contributed by atoms with Crippen molar-refractivity contribution in [1.82, 2.24) is 14.9 Å². The van der Waals surface area contributed by atoms with Crippen LogP contribution >= 0.6 is 0 Å². The number of anilines is 1. The molecule has 4 rings (SSSR count). The first kappa shape index (κ1) is 19.2. The Kier molecular flexibility index (Phi) is 6.39. The molecule has 3 heterocycles. The van der Waals surface area contributed by atoms with Gasteiger partial charge in [-0.2, -0.15) is 0 Å². The molecular formula is C22H30N4O2. The van der Waals surface area contributed by atoms with Crippen molar-refractivity contribution < 1.29 is 9.47 Å². The normalized spacial score (nSPS) is 19.5. The van der Waals surface area contributed by atoms with Crippen molar-refractivity contribution in [2.75, 3.05) is 38.3 Å². The lowest BCUT2D eigenvalue weighted by atomic mass is 10.1. The number of hydrogen-bond donors (Lipinski definition) is 0. The first-order valence-electron chi connectivity index (χ1n) is 10.3. The summed E-state index contributed by atoms with van der Waals surface area (Å²) in [7, 11) is 1.73. The molecule has 1 atom stereocenters. The molecule has 2 aromatic rings. The lowest BCUT2D eigenvalue weighted by molar-refractivity contribution is 0.0672. The van der Waals surface area contributed by atoms with Gasteiger partial charge in [0.2, 0.25) is 5.95 Å². The predicted octanol–water partition coefficient (Wildman–Crippen LogP) is 3.27. The summed E-state index contributed by atoms with van der Waals surface area (Å²) in [5, 5.41) is 0. The second-order valence-corrected chi connectivity index (χ2v) is 7.66. The molecule has 1 aromatic carbocycles. The van der Waals surface area contributed by atoms with E-state index in [0.717, 1.165) is 69.6 Å². The number of aromatic nitrogens is 2. The molecule has 0 N–H and O–H groups in total. The summed E-state index contributed by atoms with van der Waals surface area (Å²) in [6.07, 6.45) is 6.93. The van der Waals surface area contributed by atoms with Crippen molar-refractivity contribution in [3.8, 4) is 5.75 Å². The Bertz CT molecular complexity index is 758. The summed E-state index contributed by atoms with van der Waals surface area (Å²) in [6, 6.07) is 10.3. The first-order valence-corrected chi connectivity index (χ1v) is 10.3. The molecule has 6 heteroatoms. The molecule has 28 heavy (non-hydrogen) atoms. The van der Waals surface area contributed by atoms with Crippen LogP contribution in [0.15, 0.2) is 36.5 Å². The molecule has 0 saturated carbocycles. The van der Waals surface area contributed by atoms with Crippen molar-refractivity contribution in [3.63, 3.8) is 0 Å². The lowest BCUT2D eigenvalue weighted by Crippen LogP contribution is -2.32. The van der Waals surface area contributed by atoms with E-state index in [0.29, 0.717) is 6.10 Å². The van der Waals surface area contributed by atoms with Crippen LogP contribution in [0.4, 0.5) is 5.95 Å². The number of para-hydroxylation sites is 1. The fourth-order valence-electron chi connectivity index (χ4n) is 4.11.